The molecule has 0 saturated heterocycles. The summed E-state index contributed by atoms with van der Waals surface area (Å²) in [5, 5.41) is 23.6. The molecule has 0 aliphatic rings. The average Bonchev–Trinajstić information content (AvgIpc) is 2.60. The topological polar surface area (TPSA) is 71.2 Å². The Hall–Kier alpha value is -0.940. The molecule has 0 amide bonds. The lowest BCUT2D eigenvalue weighted by Gasteiger charge is -2.13. The van der Waals surface area contributed by atoms with Gasteiger partial charge in [-0.3, -0.25) is 0 Å². The van der Waals surface area contributed by atoms with Crippen LogP contribution >= 0.6 is 0 Å². The van der Waals surface area contributed by atoms with Crippen molar-refractivity contribution in [1.82, 2.24) is 14.8 Å². The summed E-state index contributed by atoms with van der Waals surface area (Å²) in [6.07, 6.45) is 0.0217. The van der Waals surface area contributed by atoms with Crippen molar-refractivity contribution >= 4 is 0 Å². The van der Waals surface area contributed by atoms with E-state index in [-0.39, 0.29) is 12.0 Å². The average molecular weight is 255 g/mol. The van der Waals surface area contributed by atoms with Crippen LogP contribution in [-0.4, -0.2) is 31.6 Å². The van der Waals surface area contributed by atoms with Gasteiger partial charge in [0.05, 0.1) is 13.2 Å². The Bertz CT molecular complexity index is 380. The minimum atomic E-state index is -0.625. The molecule has 0 radical (unpaired) electrons. The number of hydrogen-bond donors (Lipinski definition) is 2. The second kappa shape index (κ2) is 5.80. The van der Waals surface area contributed by atoms with Crippen molar-refractivity contribution in [3.63, 3.8) is 0 Å². The number of nitrogens with zero attached hydrogens (tertiary/aromatic N) is 3. The first-order valence-corrected chi connectivity index (χ1v) is 6.49. The zero-order chi connectivity index (χ0) is 13.9. The van der Waals surface area contributed by atoms with Crippen molar-refractivity contribution in [2.45, 2.75) is 59.1 Å². The summed E-state index contributed by atoms with van der Waals surface area (Å²) < 4.78 is 1.62. The van der Waals surface area contributed by atoms with Crippen LogP contribution in [0.4, 0.5) is 0 Å². The number of rotatable bonds is 5. The predicted octanol–water partition coefficient (Wildman–Crippen LogP) is 1.65. The van der Waals surface area contributed by atoms with Crippen molar-refractivity contribution in [1.29, 1.82) is 0 Å². The summed E-state index contributed by atoms with van der Waals surface area (Å²) in [5.74, 6) is 1.65. The smallest absolute Gasteiger partial charge is 0.156 e. The van der Waals surface area contributed by atoms with Gasteiger partial charge in [0.2, 0.25) is 0 Å². The molecular formula is C13H25N3O2. The fourth-order valence-electron chi connectivity index (χ4n) is 1.73. The molecule has 0 aliphatic carbocycles. The molecule has 104 valence electrons. The Morgan fingerprint density at radius 3 is 2.33 bits per heavy atom. The van der Waals surface area contributed by atoms with Crippen molar-refractivity contribution in [2.24, 2.45) is 5.92 Å². The van der Waals surface area contributed by atoms with Gasteiger partial charge in [-0.25, -0.2) is 9.67 Å². The van der Waals surface area contributed by atoms with Crippen LogP contribution in [0.5, 0.6) is 0 Å². The van der Waals surface area contributed by atoms with Crippen LogP contribution in [0.2, 0.25) is 0 Å². The van der Waals surface area contributed by atoms with Crippen molar-refractivity contribution in [3.05, 3.63) is 11.6 Å². The molecular weight excluding hydrogens is 230 g/mol. The molecule has 1 aromatic heterocycles. The van der Waals surface area contributed by atoms with Gasteiger partial charge in [-0.15, -0.1) is 0 Å². The Labute approximate surface area is 109 Å². The quantitative estimate of drug-likeness (QED) is 0.839. The SMILES string of the molecule is CC(C)C[C@H](O)c1nc(C(C)(C)C)nn1CCO. The van der Waals surface area contributed by atoms with Gasteiger partial charge >= 0.3 is 0 Å². The van der Waals surface area contributed by atoms with E-state index >= 15 is 0 Å². The largest absolute Gasteiger partial charge is 0.394 e. The zero-order valence-corrected chi connectivity index (χ0v) is 12.0. The normalized spacial score (nSPS) is 14.2. The number of aromatic nitrogens is 3. The molecule has 0 aliphatic heterocycles. The summed E-state index contributed by atoms with van der Waals surface area (Å²) in [5.41, 5.74) is -0.160. The first-order valence-electron chi connectivity index (χ1n) is 6.49. The molecule has 0 fully saturated rings. The minimum absolute atomic E-state index is 0.00561. The van der Waals surface area contributed by atoms with Gasteiger partial charge in [-0.1, -0.05) is 34.6 Å². The van der Waals surface area contributed by atoms with Gasteiger partial charge in [0.25, 0.3) is 0 Å². The van der Waals surface area contributed by atoms with E-state index in [1.807, 2.05) is 20.8 Å². The fraction of sp³-hybridized carbons (Fsp3) is 0.846. The molecule has 1 heterocycles. The van der Waals surface area contributed by atoms with Crippen LogP contribution in [0.1, 0.15) is 58.8 Å². The van der Waals surface area contributed by atoms with Gasteiger partial charge in [-0.05, 0) is 12.3 Å². The standard InChI is InChI=1S/C13H25N3O2/c1-9(2)8-10(18)11-14-12(13(3,4)5)15-16(11)6-7-17/h9-10,17-18H,6-8H2,1-5H3/t10-/m0/s1. The number of hydrogen-bond acceptors (Lipinski definition) is 4. The highest BCUT2D eigenvalue weighted by Crippen LogP contribution is 2.24. The van der Waals surface area contributed by atoms with E-state index in [4.69, 9.17) is 5.11 Å². The van der Waals surface area contributed by atoms with E-state index in [0.29, 0.717) is 30.5 Å². The van der Waals surface area contributed by atoms with Crippen LogP contribution in [0.15, 0.2) is 0 Å². The Balaban J connectivity index is 3.04. The van der Waals surface area contributed by atoms with Crippen LogP contribution in [0, 0.1) is 5.92 Å². The molecule has 0 unspecified atom stereocenters. The predicted molar refractivity (Wildman–Crippen MR) is 70.2 cm³/mol. The molecule has 0 aromatic carbocycles. The highest BCUT2D eigenvalue weighted by molar-refractivity contribution is 5.05. The van der Waals surface area contributed by atoms with Crippen molar-refractivity contribution in [3.8, 4) is 0 Å². The molecule has 0 saturated carbocycles. The van der Waals surface area contributed by atoms with Crippen molar-refractivity contribution < 1.29 is 10.2 Å². The number of aliphatic hydroxyl groups excluding tert-OH is 2. The van der Waals surface area contributed by atoms with Gasteiger partial charge in [0.1, 0.15) is 6.10 Å². The van der Waals surface area contributed by atoms with E-state index in [0.717, 1.165) is 0 Å². The molecule has 1 aromatic rings. The van der Waals surface area contributed by atoms with Crippen LogP contribution in [-0.2, 0) is 12.0 Å². The summed E-state index contributed by atoms with van der Waals surface area (Å²) in [6, 6.07) is 0. The maximum Gasteiger partial charge on any atom is 0.156 e. The first-order chi connectivity index (χ1) is 8.25. The zero-order valence-electron chi connectivity index (χ0n) is 12.0. The van der Waals surface area contributed by atoms with E-state index in [2.05, 4.69) is 23.9 Å². The molecule has 0 bridgehead atoms. The maximum atomic E-state index is 10.2. The summed E-state index contributed by atoms with van der Waals surface area (Å²) >= 11 is 0. The van der Waals surface area contributed by atoms with Gasteiger partial charge in [0, 0.05) is 5.41 Å². The third-order valence-corrected chi connectivity index (χ3v) is 2.68. The molecule has 5 heteroatoms. The summed E-state index contributed by atoms with van der Waals surface area (Å²) in [7, 11) is 0. The monoisotopic (exact) mass is 255 g/mol. The van der Waals surface area contributed by atoms with Crippen LogP contribution in [0.25, 0.3) is 0 Å². The van der Waals surface area contributed by atoms with Gasteiger partial charge in [-0.2, -0.15) is 5.10 Å². The summed E-state index contributed by atoms with van der Waals surface area (Å²) in [6.45, 7) is 10.6. The molecule has 5 nitrogen and oxygen atoms in total. The highest BCUT2D eigenvalue weighted by Gasteiger charge is 2.25. The summed E-state index contributed by atoms with van der Waals surface area (Å²) in [4.78, 5) is 4.44. The lowest BCUT2D eigenvalue weighted by atomic mass is 9.96. The second-order valence-corrected chi connectivity index (χ2v) is 6.14. The van der Waals surface area contributed by atoms with Crippen molar-refractivity contribution in [2.75, 3.05) is 6.61 Å². The third kappa shape index (κ3) is 3.78. The molecule has 0 spiro atoms. The van der Waals surface area contributed by atoms with E-state index in [1.165, 1.54) is 0 Å². The van der Waals surface area contributed by atoms with Crippen LogP contribution < -0.4 is 0 Å². The van der Waals surface area contributed by atoms with Gasteiger partial charge < -0.3 is 10.2 Å². The molecule has 18 heavy (non-hydrogen) atoms. The number of aliphatic hydroxyl groups is 2. The minimum Gasteiger partial charge on any atom is -0.394 e. The van der Waals surface area contributed by atoms with E-state index in [9.17, 15) is 5.11 Å². The highest BCUT2D eigenvalue weighted by atomic mass is 16.3. The lowest BCUT2D eigenvalue weighted by molar-refractivity contribution is 0.133. The first kappa shape index (κ1) is 15.1. The van der Waals surface area contributed by atoms with Crippen LogP contribution in [0.3, 0.4) is 0 Å². The maximum absolute atomic E-state index is 10.2. The third-order valence-electron chi connectivity index (χ3n) is 2.68. The lowest BCUT2D eigenvalue weighted by Crippen LogP contribution is -2.15. The Morgan fingerprint density at radius 1 is 1.28 bits per heavy atom. The molecule has 2 N–H and O–H groups in total. The Morgan fingerprint density at radius 2 is 1.89 bits per heavy atom. The van der Waals surface area contributed by atoms with E-state index in [1.54, 1.807) is 4.68 Å². The molecule has 1 rings (SSSR count). The second-order valence-electron chi connectivity index (χ2n) is 6.14. The molecule has 1 atom stereocenters. The van der Waals surface area contributed by atoms with Gasteiger partial charge in [0.15, 0.2) is 11.6 Å². The van der Waals surface area contributed by atoms with E-state index < -0.39 is 6.10 Å². The Kier molecular flexibility index (Phi) is 4.87. The fourth-order valence-corrected chi connectivity index (χ4v) is 1.73.